The molecule has 2 amide bonds. The summed E-state index contributed by atoms with van der Waals surface area (Å²) in [6.45, 7) is 2.35. The Balaban J connectivity index is 1.51. The molecule has 0 aromatic heterocycles. The quantitative estimate of drug-likeness (QED) is 0.824. The second kappa shape index (κ2) is 9.76. The third kappa shape index (κ3) is 5.84. The number of rotatable bonds is 6. The number of carbonyl (C=O) groups excluding carboxylic acids is 2. The van der Waals surface area contributed by atoms with Gasteiger partial charge in [-0.25, -0.2) is 0 Å². The SMILES string of the molecule is O=C(CNc1cccc(C(=O)N2CCCCCC2)c1)NCc1ccccc1. The Morgan fingerprint density at radius 1 is 0.889 bits per heavy atom. The molecule has 1 fully saturated rings. The third-order valence-corrected chi connectivity index (χ3v) is 4.79. The lowest BCUT2D eigenvalue weighted by atomic mass is 10.1. The van der Waals surface area contributed by atoms with Crippen LogP contribution in [0.3, 0.4) is 0 Å². The van der Waals surface area contributed by atoms with E-state index in [0.717, 1.165) is 37.2 Å². The topological polar surface area (TPSA) is 61.4 Å². The minimum absolute atomic E-state index is 0.0779. The minimum Gasteiger partial charge on any atom is -0.376 e. The molecule has 2 aromatic carbocycles. The van der Waals surface area contributed by atoms with Gasteiger partial charge in [0.2, 0.25) is 5.91 Å². The molecule has 2 aromatic rings. The average molecular weight is 365 g/mol. The van der Waals surface area contributed by atoms with Gasteiger partial charge in [-0.15, -0.1) is 0 Å². The van der Waals surface area contributed by atoms with Crippen LogP contribution in [0.25, 0.3) is 0 Å². The molecule has 0 spiro atoms. The molecule has 142 valence electrons. The Bertz CT molecular complexity index is 753. The van der Waals surface area contributed by atoms with Crippen LogP contribution in [0.4, 0.5) is 5.69 Å². The smallest absolute Gasteiger partial charge is 0.253 e. The van der Waals surface area contributed by atoms with Gasteiger partial charge in [-0.3, -0.25) is 9.59 Å². The van der Waals surface area contributed by atoms with Gasteiger partial charge in [0.25, 0.3) is 5.91 Å². The lowest BCUT2D eigenvalue weighted by Crippen LogP contribution is -2.32. The fourth-order valence-corrected chi connectivity index (χ4v) is 3.26. The maximum Gasteiger partial charge on any atom is 0.253 e. The predicted octanol–water partition coefficient (Wildman–Crippen LogP) is 3.43. The predicted molar refractivity (Wildman–Crippen MR) is 108 cm³/mol. The van der Waals surface area contributed by atoms with Gasteiger partial charge >= 0.3 is 0 Å². The van der Waals surface area contributed by atoms with Crippen LogP contribution in [0, 0.1) is 0 Å². The van der Waals surface area contributed by atoms with Gasteiger partial charge in [0.05, 0.1) is 6.54 Å². The van der Waals surface area contributed by atoms with Gasteiger partial charge in [-0.1, -0.05) is 49.2 Å². The highest BCUT2D eigenvalue weighted by Crippen LogP contribution is 2.16. The average Bonchev–Trinajstić information content (AvgIpc) is 3.01. The van der Waals surface area contributed by atoms with Crippen LogP contribution in [-0.2, 0) is 11.3 Å². The zero-order chi connectivity index (χ0) is 18.9. The molecule has 1 aliphatic heterocycles. The van der Waals surface area contributed by atoms with E-state index in [2.05, 4.69) is 10.6 Å². The molecule has 0 aliphatic carbocycles. The standard InChI is InChI=1S/C22H27N3O2/c26-21(24-16-18-9-4-3-5-10-18)17-23-20-12-8-11-19(15-20)22(27)25-13-6-1-2-7-14-25/h3-5,8-12,15,23H,1-2,6-7,13-14,16-17H2,(H,24,26). The summed E-state index contributed by atoms with van der Waals surface area (Å²) in [7, 11) is 0. The molecule has 0 saturated carbocycles. The molecule has 5 heteroatoms. The van der Waals surface area contributed by atoms with Crippen molar-refractivity contribution in [3.8, 4) is 0 Å². The van der Waals surface area contributed by atoms with Gasteiger partial charge in [-0.05, 0) is 36.6 Å². The summed E-state index contributed by atoms with van der Waals surface area (Å²) < 4.78 is 0. The van der Waals surface area contributed by atoms with E-state index in [1.165, 1.54) is 12.8 Å². The van der Waals surface area contributed by atoms with Gasteiger partial charge in [-0.2, -0.15) is 0 Å². The maximum atomic E-state index is 12.7. The molecular weight excluding hydrogens is 338 g/mol. The van der Waals surface area contributed by atoms with Crippen LogP contribution in [0.5, 0.6) is 0 Å². The summed E-state index contributed by atoms with van der Waals surface area (Å²) in [6, 6.07) is 17.2. The monoisotopic (exact) mass is 365 g/mol. The molecule has 3 rings (SSSR count). The van der Waals surface area contributed by atoms with E-state index in [0.29, 0.717) is 12.1 Å². The van der Waals surface area contributed by atoms with Crippen molar-refractivity contribution in [3.05, 3.63) is 65.7 Å². The van der Waals surface area contributed by atoms with E-state index in [4.69, 9.17) is 0 Å². The molecule has 1 heterocycles. The number of hydrogen-bond donors (Lipinski definition) is 2. The Morgan fingerprint density at radius 3 is 2.37 bits per heavy atom. The first-order valence-electron chi connectivity index (χ1n) is 9.66. The molecule has 2 N–H and O–H groups in total. The van der Waals surface area contributed by atoms with Crippen LogP contribution in [0.1, 0.15) is 41.6 Å². The van der Waals surface area contributed by atoms with Crippen molar-refractivity contribution in [2.24, 2.45) is 0 Å². The highest BCUT2D eigenvalue weighted by Gasteiger charge is 2.17. The number of amides is 2. The van der Waals surface area contributed by atoms with Crippen molar-refractivity contribution in [1.82, 2.24) is 10.2 Å². The largest absolute Gasteiger partial charge is 0.376 e. The maximum absolute atomic E-state index is 12.7. The summed E-state index contributed by atoms with van der Waals surface area (Å²) in [5.41, 5.74) is 2.52. The Hall–Kier alpha value is -2.82. The van der Waals surface area contributed by atoms with E-state index in [-0.39, 0.29) is 18.4 Å². The van der Waals surface area contributed by atoms with Crippen molar-refractivity contribution in [2.45, 2.75) is 32.2 Å². The first kappa shape index (κ1) is 19.0. The van der Waals surface area contributed by atoms with Crippen molar-refractivity contribution in [2.75, 3.05) is 25.0 Å². The fourth-order valence-electron chi connectivity index (χ4n) is 3.26. The van der Waals surface area contributed by atoms with E-state index in [1.54, 1.807) is 0 Å². The molecule has 5 nitrogen and oxygen atoms in total. The van der Waals surface area contributed by atoms with Gasteiger partial charge < -0.3 is 15.5 Å². The van der Waals surface area contributed by atoms with Gasteiger partial charge in [0.15, 0.2) is 0 Å². The second-order valence-corrected chi connectivity index (χ2v) is 6.90. The van der Waals surface area contributed by atoms with E-state index in [1.807, 2.05) is 59.5 Å². The van der Waals surface area contributed by atoms with Crippen molar-refractivity contribution in [3.63, 3.8) is 0 Å². The Kier molecular flexibility index (Phi) is 6.85. The number of anilines is 1. The lowest BCUT2D eigenvalue weighted by Gasteiger charge is -2.20. The lowest BCUT2D eigenvalue weighted by molar-refractivity contribution is -0.119. The molecular formula is C22H27N3O2. The molecule has 0 unspecified atom stereocenters. The number of nitrogens with zero attached hydrogens (tertiary/aromatic N) is 1. The number of likely N-dealkylation sites (tertiary alicyclic amines) is 1. The summed E-state index contributed by atoms with van der Waals surface area (Å²) in [5.74, 6) is -0.00261. The zero-order valence-electron chi connectivity index (χ0n) is 15.6. The highest BCUT2D eigenvalue weighted by molar-refractivity contribution is 5.95. The van der Waals surface area contributed by atoms with E-state index in [9.17, 15) is 9.59 Å². The fraction of sp³-hybridized carbons (Fsp3) is 0.364. The van der Waals surface area contributed by atoms with Crippen LogP contribution < -0.4 is 10.6 Å². The van der Waals surface area contributed by atoms with E-state index < -0.39 is 0 Å². The number of carbonyl (C=O) groups is 2. The Morgan fingerprint density at radius 2 is 1.63 bits per heavy atom. The molecule has 0 radical (unpaired) electrons. The van der Waals surface area contributed by atoms with Gasteiger partial charge in [0, 0.05) is 30.9 Å². The molecule has 0 atom stereocenters. The number of nitrogens with one attached hydrogen (secondary N) is 2. The van der Waals surface area contributed by atoms with Crippen LogP contribution in [0.2, 0.25) is 0 Å². The summed E-state index contributed by atoms with van der Waals surface area (Å²) in [6.07, 6.45) is 4.55. The second-order valence-electron chi connectivity index (χ2n) is 6.90. The molecule has 0 bridgehead atoms. The molecule has 1 saturated heterocycles. The van der Waals surface area contributed by atoms with Crippen LogP contribution >= 0.6 is 0 Å². The number of hydrogen-bond acceptors (Lipinski definition) is 3. The molecule has 1 aliphatic rings. The third-order valence-electron chi connectivity index (χ3n) is 4.79. The van der Waals surface area contributed by atoms with Crippen LogP contribution in [0.15, 0.2) is 54.6 Å². The van der Waals surface area contributed by atoms with E-state index >= 15 is 0 Å². The first-order chi connectivity index (χ1) is 13.2. The normalized spacial score (nSPS) is 14.3. The first-order valence-corrected chi connectivity index (χ1v) is 9.66. The Labute approximate surface area is 160 Å². The van der Waals surface area contributed by atoms with Crippen LogP contribution in [-0.4, -0.2) is 36.3 Å². The summed E-state index contributed by atoms with van der Waals surface area (Å²) >= 11 is 0. The zero-order valence-corrected chi connectivity index (χ0v) is 15.6. The number of benzene rings is 2. The highest BCUT2D eigenvalue weighted by atomic mass is 16.2. The van der Waals surface area contributed by atoms with Crippen molar-refractivity contribution in [1.29, 1.82) is 0 Å². The molecule has 27 heavy (non-hydrogen) atoms. The van der Waals surface area contributed by atoms with Crippen molar-refractivity contribution < 1.29 is 9.59 Å². The summed E-state index contributed by atoms with van der Waals surface area (Å²) in [4.78, 5) is 26.7. The van der Waals surface area contributed by atoms with Crippen molar-refractivity contribution >= 4 is 17.5 Å². The van der Waals surface area contributed by atoms with Gasteiger partial charge in [0.1, 0.15) is 0 Å². The minimum atomic E-state index is -0.0805. The summed E-state index contributed by atoms with van der Waals surface area (Å²) in [5, 5.41) is 6.00.